The zero-order valence-corrected chi connectivity index (χ0v) is 15.9. The van der Waals surface area contributed by atoms with Crippen molar-refractivity contribution in [3.63, 3.8) is 0 Å². The molecule has 0 aromatic heterocycles. The Morgan fingerprint density at radius 2 is 1.96 bits per heavy atom. The topological polar surface area (TPSA) is 55.4 Å². The molecule has 0 spiro atoms. The Kier molecular flexibility index (Phi) is 8.39. The molecule has 0 aliphatic carbocycles. The first-order chi connectivity index (χ1) is 11.9. The van der Waals surface area contributed by atoms with Crippen LogP contribution in [0.1, 0.15) is 45.6 Å². The summed E-state index contributed by atoms with van der Waals surface area (Å²) in [5.41, 5.74) is 0.539. The van der Waals surface area contributed by atoms with E-state index in [9.17, 15) is 9.59 Å². The number of benzene rings is 1. The van der Waals surface area contributed by atoms with Gasteiger partial charge in [-0.25, -0.2) is 4.79 Å². The summed E-state index contributed by atoms with van der Waals surface area (Å²) in [6, 6.07) is 9.26. The summed E-state index contributed by atoms with van der Waals surface area (Å²) in [6.45, 7) is 9.83. The molecule has 0 bridgehead atoms. The Morgan fingerprint density at radius 3 is 2.48 bits per heavy atom. The largest absolute Gasteiger partial charge is 0.467 e. The number of esters is 1. The third kappa shape index (κ3) is 5.73. The SMILES string of the molecule is C=CC[C@@](C)(C(=O)NC(CCc1ccccc1)C(=O)OC)C(C)CC. The number of methoxy groups -OCH3 is 1. The summed E-state index contributed by atoms with van der Waals surface area (Å²) < 4.78 is 4.89. The van der Waals surface area contributed by atoms with E-state index in [4.69, 9.17) is 4.74 Å². The van der Waals surface area contributed by atoms with E-state index in [1.165, 1.54) is 7.11 Å². The minimum absolute atomic E-state index is 0.120. The van der Waals surface area contributed by atoms with Crippen molar-refractivity contribution in [1.82, 2.24) is 5.32 Å². The van der Waals surface area contributed by atoms with Crippen LogP contribution in [0.25, 0.3) is 0 Å². The van der Waals surface area contributed by atoms with Crippen LogP contribution >= 0.6 is 0 Å². The van der Waals surface area contributed by atoms with Crippen molar-refractivity contribution in [2.45, 2.75) is 52.5 Å². The summed E-state index contributed by atoms with van der Waals surface area (Å²) in [7, 11) is 1.35. The maximum absolute atomic E-state index is 12.9. The fourth-order valence-electron chi connectivity index (χ4n) is 2.94. The van der Waals surface area contributed by atoms with Gasteiger partial charge in [0.25, 0.3) is 0 Å². The van der Waals surface area contributed by atoms with Crippen LogP contribution in [-0.2, 0) is 20.7 Å². The maximum Gasteiger partial charge on any atom is 0.328 e. The second-order valence-corrected chi connectivity index (χ2v) is 6.79. The molecular formula is C21H31NO3. The van der Waals surface area contributed by atoms with Crippen molar-refractivity contribution in [1.29, 1.82) is 0 Å². The number of allylic oxidation sites excluding steroid dienone is 1. The van der Waals surface area contributed by atoms with Crippen LogP contribution in [-0.4, -0.2) is 25.0 Å². The number of hydrogen-bond acceptors (Lipinski definition) is 3. The lowest BCUT2D eigenvalue weighted by atomic mass is 9.73. The standard InChI is InChI=1S/C21H31NO3/c1-6-15-21(4,16(3)7-2)20(24)22-18(19(23)25-5)14-13-17-11-9-8-10-12-17/h6,8-12,16,18H,1,7,13-15H2,2-5H3,(H,22,24)/t16?,18?,21-/m1/s1. The predicted molar refractivity (Wildman–Crippen MR) is 101 cm³/mol. The van der Waals surface area contributed by atoms with Crippen LogP contribution < -0.4 is 5.32 Å². The Hall–Kier alpha value is -2.10. The minimum atomic E-state index is -0.647. The van der Waals surface area contributed by atoms with E-state index in [1.807, 2.05) is 37.3 Å². The smallest absolute Gasteiger partial charge is 0.328 e. The molecule has 4 heteroatoms. The molecule has 138 valence electrons. The van der Waals surface area contributed by atoms with E-state index < -0.39 is 17.4 Å². The number of nitrogens with one attached hydrogen (secondary N) is 1. The zero-order valence-electron chi connectivity index (χ0n) is 15.9. The van der Waals surface area contributed by atoms with Gasteiger partial charge in [0.2, 0.25) is 5.91 Å². The monoisotopic (exact) mass is 345 g/mol. The molecule has 0 aliphatic heterocycles. The highest BCUT2D eigenvalue weighted by Crippen LogP contribution is 2.34. The molecule has 2 unspecified atom stereocenters. The molecule has 25 heavy (non-hydrogen) atoms. The van der Waals surface area contributed by atoms with Gasteiger partial charge < -0.3 is 10.1 Å². The van der Waals surface area contributed by atoms with Crippen molar-refractivity contribution in [2.24, 2.45) is 11.3 Å². The molecule has 0 radical (unpaired) electrons. The number of carbonyl (C=O) groups excluding carboxylic acids is 2. The highest BCUT2D eigenvalue weighted by molar-refractivity contribution is 5.88. The van der Waals surface area contributed by atoms with Gasteiger partial charge in [-0.15, -0.1) is 6.58 Å². The van der Waals surface area contributed by atoms with E-state index in [1.54, 1.807) is 6.08 Å². The first-order valence-electron chi connectivity index (χ1n) is 8.92. The van der Waals surface area contributed by atoms with Crippen molar-refractivity contribution in [3.05, 3.63) is 48.6 Å². The Labute approximate surface area is 151 Å². The van der Waals surface area contributed by atoms with Gasteiger partial charge in [0.1, 0.15) is 6.04 Å². The third-order valence-electron chi connectivity index (χ3n) is 5.14. The van der Waals surface area contributed by atoms with Crippen molar-refractivity contribution >= 4 is 11.9 Å². The number of rotatable bonds is 10. The Morgan fingerprint density at radius 1 is 1.32 bits per heavy atom. The van der Waals surface area contributed by atoms with Gasteiger partial charge in [-0.05, 0) is 30.7 Å². The van der Waals surface area contributed by atoms with Gasteiger partial charge >= 0.3 is 5.97 Å². The second-order valence-electron chi connectivity index (χ2n) is 6.79. The van der Waals surface area contributed by atoms with Gasteiger partial charge in [0, 0.05) is 0 Å². The molecule has 1 rings (SSSR count). The lowest BCUT2D eigenvalue weighted by Gasteiger charge is -2.34. The summed E-state index contributed by atoms with van der Waals surface area (Å²) >= 11 is 0. The van der Waals surface area contributed by atoms with Crippen molar-refractivity contribution in [3.8, 4) is 0 Å². The average Bonchev–Trinajstić information content (AvgIpc) is 2.64. The number of ether oxygens (including phenoxy) is 1. The van der Waals surface area contributed by atoms with Crippen LogP contribution in [0.15, 0.2) is 43.0 Å². The molecule has 1 aromatic rings. The number of carbonyl (C=O) groups is 2. The molecule has 3 atom stereocenters. The molecule has 1 amide bonds. The number of aryl methyl sites for hydroxylation is 1. The van der Waals surface area contributed by atoms with Gasteiger partial charge in [0.05, 0.1) is 12.5 Å². The fourth-order valence-corrected chi connectivity index (χ4v) is 2.94. The third-order valence-corrected chi connectivity index (χ3v) is 5.14. The summed E-state index contributed by atoms with van der Waals surface area (Å²) in [6.07, 6.45) is 4.42. The highest BCUT2D eigenvalue weighted by atomic mass is 16.5. The fraction of sp³-hybridized carbons (Fsp3) is 0.524. The zero-order chi connectivity index (χ0) is 18.9. The van der Waals surface area contributed by atoms with E-state index in [0.717, 1.165) is 12.0 Å². The van der Waals surface area contributed by atoms with E-state index in [-0.39, 0.29) is 11.8 Å². The molecule has 4 nitrogen and oxygen atoms in total. The molecule has 0 heterocycles. The van der Waals surface area contributed by atoms with Crippen LogP contribution in [0.3, 0.4) is 0 Å². The quantitative estimate of drug-likeness (QED) is 0.517. The number of hydrogen-bond donors (Lipinski definition) is 1. The van der Waals surface area contributed by atoms with Gasteiger partial charge in [0.15, 0.2) is 0 Å². The molecule has 0 fully saturated rings. The van der Waals surface area contributed by atoms with Crippen LogP contribution in [0.4, 0.5) is 0 Å². The molecule has 1 N–H and O–H groups in total. The normalized spacial score (nSPS) is 15.5. The van der Waals surface area contributed by atoms with Crippen LogP contribution in [0.2, 0.25) is 0 Å². The molecule has 0 aliphatic rings. The van der Waals surface area contributed by atoms with Gasteiger partial charge in [-0.3, -0.25) is 4.79 Å². The average molecular weight is 345 g/mol. The molecule has 1 aromatic carbocycles. The molecule has 0 saturated heterocycles. The number of amides is 1. The van der Waals surface area contributed by atoms with Gasteiger partial charge in [-0.1, -0.05) is 63.6 Å². The summed E-state index contributed by atoms with van der Waals surface area (Å²) in [5.74, 6) is -0.350. The molecule has 0 saturated carbocycles. The first kappa shape index (κ1) is 20.9. The molecular weight excluding hydrogens is 314 g/mol. The van der Waals surface area contributed by atoms with Crippen molar-refractivity contribution in [2.75, 3.05) is 7.11 Å². The van der Waals surface area contributed by atoms with Crippen LogP contribution in [0.5, 0.6) is 0 Å². The van der Waals surface area contributed by atoms with E-state index in [2.05, 4.69) is 25.7 Å². The minimum Gasteiger partial charge on any atom is -0.467 e. The van der Waals surface area contributed by atoms with E-state index in [0.29, 0.717) is 19.3 Å². The maximum atomic E-state index is 12.9. The lowest BCUT2D eigenvalue weighted by molar-refractivity contribution is -0.147. The van der Waals surface area contributed by atoms with Gasteiger partial charge in [-0.2, -0.15) is 0 Å². The Bertz CT molecular complexity index is 570. The Balaban J connectivity index is 2.87. The first-order valence-corrected chi connectivity index (χ1v) is 8.92. The predicted octanol–water partition coefficient (Wildman–Crippen LogP) is 3.91. The van der Waals surface area contributed by atoms with Crippen LogP contribution in [0, 0.1) is 11.3 Å². The second kappa shape index (κ2) is 10.0. The van der Waals surface area contributed by atoms with E-state index >= 15 is 0 Å². The van der Waals surface area contributed by atoms with Crippen molar-refractivity contribution < 1.29 is 14.3 Å². The summed E-state index contributed by atoms with van der Waals surface area (Å²) in [5, 5.41) is 2.92. The lowest BCUT2D eigenvalue weighted by Crippen LogP contribution is -2.50. The summed E-state index contributed by atoms with van der Waals surface area (Å²) in [4.78, 5) is 25.1. The highest BCUT2D eigenvalue weighted by Gasteiger charge is 2.38.